The smallest absolute Gasteiger partial charge is 0.326 e. The van der Waals surface area contributed by atoms with Crippen molar-refractivity contribution >= 4 is 35.6 Å². The van der Waals surface area contributed by atoms with Crippen LogP contribution < -0.4 is 21.7 Å². The number of carboxylic acids is 3. The van der Waals surface area contributed by atoms with E-state index in [4.69, 9.17) is 15.9 Å². The fraction of sp³-hybridized carbons (Fsp3) is 0.838. The highest BCUT2D eigenvalue weighted by Crippen LogP contribution is 2.29. The maximum atomic E-state index is 12.8. The first kappa shape index (κ1) is 44.8. The van der Waals surface area contributed by atoms with E-state index in [2.05, 4.69) is 16.0 Å². The normalized spacial score (nSPS) is 17.0. The van der Waals surface area contributed by atoms with Crippen LogP contribution in [0, 0.1) is 11.8 Å². The summed E-state index contributed by atoms with van der Waals surface area (Å²) in [7, 11) is 0. The molecule has 1 aliphatic carbocycles. The summed E-state index contributed by atoms with van der Waals surface area (Å²) in [5, 5.41) is 35.3. The molecule has 50 heavy (non-hydrogen) atoms. The molecule has 1 aliphatic rings. The molecule has 0 aromatic carbocycles. The summed E-state index contributed by atoms with van der Waals surface area (Å²) in [5.41, 5.74) is 5.45. The Labute approximate surface area is 298 Å². The minimum absolute atomic E-state index is 0.0278. The first-order valence-electron chi connectivity index (χ1n) is 19.3. The number of hydrogen-bond donors (Lipinski definition) is 7. The number of rotatable bonds is 31. The van der Waals surface area contributed by atoms with Gasteiger partial charge in [0.15, 0.2) is 0 Å². The molecule has 0 bridgehead atoms. The number of nitrogens with two attached hydrogens (primary N) is 1. The Morgan fingerprint density at radius 1 is 0.560 bits per heavy atom. The zero-order chi connectivity index (χ0) is 37.0. The molecule has 1 rings (SSSR count). The zero-order valence-corrected chi connectivity index (χ0v) is 30.3. The Morgan fingerprint density at radius 3 is 1.56 bits per heavy atom. The number of carboxylic acid groups (broad SMARTS) is 3. The van der Waals surface area contributed by atoms with Gasteiger partial charge in [-0.1, -0.05) is 77.0 Å². The van der Waals surface area contributed by atoms with E-state index in [0.717, 1.165) is 51.4 Å². The quantitative estimate of drug-likeness (QED) is 0.0461. The van der Waals surface area contributed by atoms with Gasteiger partial charge in [-0.05, 0) is 70.1 Å². The molecule has 1 saturated carbocycles. The van der Waals surface area contributed by atoms with Crippen molar-refractivity contribution in [2.24, 2.45) is 17.6 Å². The molecule has 13 nitrogen and oxygen atoms in total. The van der Waals surface area contributed by atoms with Crippen LogP contribution in [0.4, 0.5) is 0 Å². The largest absolute Gasteiger partial charge is 0.481 e. The third-order valence-corrected chi connectivity index (χ3v) is 9.71. The Kier molecular flexibility index (Phi) is 25.5. The highest BCUT2D eigenvalue weighted by Gasteiger charge is 2.29. The average molecular weight is 711 g/mol. The van der Waals surface area contributed by atoms with Crippen LogP contribution in [-0.4, -0.2) is 76.1 Å². The summed E-state index contributed by atoms with van der Waals surface area (Å²) in [4.78, 5) is 70.2. The molecule has 0 heterocycles. The summed E-state index contributed by atoms with van der Waals surface area (Å²) in [6, 6.07) is -2.09. The van der Waals surface area contributed by atoms with Crippen LogP contribution in [0.3, 0.4) is 0 Å². The second-order valence-electron chi connectivity index (χ2n) is 14.1. The third-order valence-electron chi connectivity index (χ3n) is 9.71. The third kappa shape index (κ3) is 24.0. The molecule has 0 radical (unpaired) electrons. The highest BCUT2D eigenvalue weighted by atomic mass is 16.4. The van der Waals surface area contributed by atoms with Crippen molar-refractivity contribution in [2.75, 3.05) is 13.1 Å². The Hall–Kier alpha value is -3.22. The molecule has 0 aromatic rings. The van der Waals surface area contributed by atoms with Gasteiger partial charge in [0, 0.05) is 38.3 Å². The van der Waals surface area contributed by atoms with Crippen LogP contribution >= 0.6 is 0 Å². The lowest BCUT2D eigenvalue weighted by Crippen LogP contribution is -2.45. The van der Waals surface area contributed by atoms with Crippen molar-refractivity contribution < 1.29 is 44.1 Å². The molecule has 0 aliphatic heterocycles. The number of aliphatic carboxylic acids is 3. The second-order valence-corrected chi connectivity index (χ2v) is 14.1. The minimum Gasteiger partial charge on any atom is -0.481 e. The van der Waals surface area contributed by atoms with Crippen molar-refractivity contribution in [1.29, 1.82) is 0 Å². The number of carbonyl (C=O) groups is 6. The Bertz CT molecular complexity index is 1000. The molecular formula is C37H66N4O9. The molecule has 0 unspecified atom stereocenters. The minimum atomic E-state index is -1.19. The molecule has 13 heteroatoms. The van der Waals surface area contributed by atoms with Crippen LogP contribution in [0.25, 0.3) is 0 Å². The number of nitrogens with one attached hydrogen (secondary N) is 3. The van der Waals surface area contributed by atoms with E-state index in [1.165, 1.54) is 51.4 Å². The molecule has 1 fully saturated rings. The fourth-order valence-corrected chi connectivity index (χ4v) is 6.41. The first-order valence-corrected chi connectivity index (χ1v) is 19.3. The molecule has 8 N–H and O–H groups in total. The van der Waals surface area contributed by atoms with E-state index in [9.17, 15) is 33.9 Å². The van der Waals surface area contributed by atoms with Crippen molar-refractivity contribution in [3.63, 3.8) is 0 Å². The predicted octanol–water partition coefficient (Wildman–Crippen LogP) is 5.28. The van der Waals surface area contributed by atoms with Gasteiger partial charge in [-0.25, -0.2) is 4.79 Å². The summed E-state index contributed by atoms with van der Waals surface area (Å²) in [5.74, 6) is -3.51. The fourth-order valence-electron chi connectivity index (χ4n) is 6.41. The van der Waals surface area contributed by atoms with Gasteiger partial charge in [-0.15, -0.1) is 0 Å². The van der Waals surface area contributed by atoms with E-state index in [0.29, 0.717) is 57.5 Å². The topological polar surface area (TPSA) is 225 Å². The summed E-state index contributed by atoms with van der Waals surface area (Å²) in [6.07, 6.45) is 21.0. The van der Waals surface area contributed by atoms with Crippen molar-refractivity contribution in [3.05, 3.63) is 0 Å². The maximum Gasteiger partial charge on any atom is 0.326 e. The summed E-state index contributed by atoms with van der Waals surface area (Å²) >= 11 is 0. The van der Waals surface area contributed by atoms with Crippen molar-refractivity contribution in [3.8, 4) is 0 Å². The predicted molar refractivity (Wildman–Crippen MR) is 191 cm³/mol. The standard InChI is InChI=1S/C37H66N4O9/c38-30(36(47)48)17-15-16-26-39-33(43)25-24-31(37(49)50)41-35(46)29-22-20-28(21-23-29)27-40-32(42)18-13-11-9-7-5-3-1-2-4-6-8-10-12-14-19-34(44)45/h28-31H,1-27,38H2,(H,39,43)(H,40,42)(H,41,46)(H,44,45)(H,47,48)(H,49,50)/t28-,29-,30-,31-/m0/s1. The molecule has 2 atom stereocenters. The highest BCUT2D eigenvalue weighted by molar-refractivity contribution is 5.85. The molecular weight excluding hydrogens is 644 g/mol. The number of carbonyl (C=O) groups excluding carboxylic acids is 3. The van der Waals surface area contributed by atoms with Gasteiger partial charge >= 0.3 is 17.9 Å². The van der Waals surface area contributed by atoms with Gasteiger partial charge < -0.3 is 37.0 Å². The van der Waals surface area contributed by atoms with Gasteiger partial charge in [-0.3, -0.25) is 24.0 Å². The second kappa shape index (κ2) is 28.5. The number of amides is 3. The van der Waals surface area contributed by atoms with Crippen LogP contribution in [0.2, 0.25) is 0 Å². The van der Waals surface area contributed by atoms with Crippen molar-refractivity contribution in [2.45, 2.75) is 173 Å². The van der Waals surface area contributed by atoms with Gasteiger partial charge in [0.05, 0.1) is 0 Å². The van der Waals surface area contributed by atoms with Crippen LogP contribution in [-0.2, 0) is 28.8 Å². The summed E-state index contributed by atoms with van der Waals surface area (Å²) in [6.45, 7) is 0.931. The van der Waals surface area contributed by atoms with Gasteiger partial charge in [0.1, 0.15) is 12.1 Å². The molecule has 0 aromatic heterocycles. The van der Waals surface area contributed by atoms with Crippen molar-refractivity contribution in [1.82, 2.24) is 16.0 Å². The lowest BCUT2D eigenvalue weighted by Gasteiger charge is -2.28. The Balaban J connectivity index is 2.05. The van der Waals surface area contributed by atoms with Crippen LogP contribution in [0.15, 0.2) is 0 Å². The van der Waals surface area contributed by atoms with Crippen LogP contribution in [0.5, 0.6) is 0 Å². The zero-order valence-electron chi connectivity index (χ0n) is 30.3. The van der Waals surface area contributed by atoms with E-state index < -0.39 is 30.0 Å². The van der Waals surface area contributed by atoms with E-state index in [1.807, 2.05) is 0 Å². The van der Waals surface area contributed by atoms with Gasteiger partial charge in [0.25, 0.3) is 0 Å². The molecule has 0 spiro atoms. The number of hydrogen-bond acceptors (Lipinski definition) is 7. The Morgan fingerprint density at radius 2 is 1.06 bits per heavy atom. The number of unbranched alkanes of at least 4 members (excludes halogenated alkanes) is 14. The van der Waals surface area contributed by atoms with Gasteiger partial charge in [0.2, 0.25) is 17.7 Å². The summed E-state index contributed by atoms with van der Waals surface area (Å²) < 4.78 is 0. The molecule has 288 valence electrons. The monoisotopic (exact) mass is 710 g/mol. The SMILES string of the molecule is N[C@@H](CCCCNC(=O)CC[C@H](NC(=O)[C@H]1CC[C@H](CNC(=O)CCCCCCCCCCCCCCCCC(=O)O)CC1)C(=O)O)C(=O)O. The molecule has 0 saturated heterocycles. The van der Waals surface area contributed by atoms with Gasteiger partial charge in [-0.2, -0.15) is 0 Å². The van der Waals surface area contributed by atoms with E-state index >= 15 is 0 Å². The molecule has 3 amide bonds. The van der Waals surface area contributed by atoms with E-state index in [-0.39, 0.29) is 42.9 Å². The van der Waals surface area contributed by atoms with Crippen LogP contribution in [0.1, 0.15) is 161 Å². The maximum absolute atomic E-state index is 12.8. The van der Waals surface area contributed by atoms with E-state index in [1.54, 1.807) is 0 Å². The average Bonchev–Trinajstić information content (AvgIpc) is 3.08. The first-order chi connectivity index (χ1) is 24.0. The lowest BCUT2D eigenvalue weighted by atomic mass is 9.81. The lowest BCUT2D eigenvalue weighted by molar-refractivity contribution is -0.143.